The van der Waals surface area contributed by atoms with E-state index in [1.807, 2.05) is 0 Å². The summed E-state index contributed by atoms with van der Waals surface area (Å²) in [5.41, 5.74) is 5.84. The molecule has 1 aromatic carbocycles. The Kier molecular flexibility index (Phi) is 4.19. The van der Waals surface area contributed by atoms with Gasteiger partial charge >= 0.3 is 0 Å². The topological polar surface area (TPSA) is 106 Å². The van der Waals surface area contributed by atoms with Crippen LogP contribution in [0.3, 0.4) is 0 Å². The first-order valence-corrected chi connectivity index (χ1v) is 9.63. The molecular formula is C12H18N2O4S2. The molecule has 1 aliphatic rings. The van der Waals surface area contributed by atoms with E-state index in [0.717, 1.165) is 19.1 Å². The summed E-state index contributed by atoms with van der Waals surface area (Å²) in [5, 5.41) is 0. The molecule has 0 aliphatic heterocycles. The molecule has 20 heavy (non-hydrogen) atoms. The van der Waals surface area contributed by atoms with Crippen molar-refractivity contribution in [2.24, 2.45) is 11.7 Å². The summed E-state index contributed by atoms with van der Waals surface area (Å²) >= 11 is 0. The lowest BCUT2D eigenvalue weighted by atomic mass is 10.2. The Morgan fingerprint density at radius 1 is 1.15 bits per heavy atom. The maximum Gasteiger partial charge on any atom is 0.240 e. The van der Waals surface area contributed by atoms with Crippen LogP contribution in [-0.4, -0.2) is 35.7 Å². The molecule has 6 nitrogen and oxygen atoms in total. The maximum absolute atomic E-state index is 12.0. The molecular weight excluding hydrogens is 300 g/mol. The van der Waals surface area contributed by atoms with Crippen LogP contribution in [0.25, 0.3) is 0 Å². The fraction of sp³-hybridized carbons (Fsp3) is 0.500. The van der Waals surface area contributed by atoms with Crippen molar-refractivity contribution in [3.63, 3.8) is 0 Å². The van der Waals surface area contributed by atoms with Crippen molar-refractivity contribution in [1.29, 1.82) is 0 Å². The summed E-state index contributed by atoms with van der Waals surface area (Å²) in [5.74, 6) is 0.408. The number of hydrogen-bond donors (Lipinski definition) is 2. The SMILES string of the molecule is CS(=O)(=O)c1ccc(S(=O)(=O)NCC(N)C2CC2)cc1. The molecule has 0 amide bonds. The van der Waals surface area contributed by atoms with Gasteiger partial charge in [0.05, 0.1) is 9.79 Å². The Bertz CT molecular complexity index is 677. The van der Waals surface area contributed by atoms with Crippen LogP contribution in [0, 0.1) is 5.92 Å². The van der Waals surface area contributed by atoms with Gasteiger partial charge in [0.25, 0.3) is 0 Å². The summed E-state index contributed by atoms with van der Waals surface area (Å²) in [6.45, 7) is 0.195. The van der Waals surface area contributed by atoms with Crippen molar-refractivity contribution >= 4 is 19.9 Å². The minimum absolute atomic E-state index is 0.0351. The number of rotatable bonds is 6. The number of hydrogen-bond acceptors (Lipinski definition) is 5. The van der Waals surface area contributed by atoms with Gasteiger partial charge in [-0.05, 0) is 43.0 Å². The van der Waals surface area contributed by atoms with Gasteiger partial charge in [0.1, 0.15) is 0 Å². The second kappa shape index (κ2) is 5.44. The van der Waals surface area contributed by atoms with E-state index in [9.17, 15) is 16.8 Å². The molecule has 1 atom stereocenters. The minimum Gasteiger partial charge on any atom is -0.326 e. The van der Waals surface area contributed by atoms with Crippen LogP contribution in [-0.2, 0) is 19.9 Å². The van der Waals surface area contributed by atoms with Crippen LogP contribution >= 0.6 is 0 Å². The van der Waals surface area contributed by atoms with Gasteiger partial charge in [0.2, 0.25) is 10.0 Å². The summed E-state index contributed by atoms with van der Waals surface area (Å²) < 4.78 is 49.1. The van der Waals surface area contributed by atoms with Crippen LogP contribution in [0.1, 0.15) is 12.8 Å². The summed E-state index contributed by atoms with van der Waals surface area (Å²) in [6, 6.07) is 4.96. The number of sulfone groups is 1. The molecule has 1 saturated carbocycles. The van der Waals surface area contributed by atoms with Crippen molar-refractivity contribution < 1.29 is 16.8 Å². The predicted molar refractivity (Wildman–Crippen MR) is 75.4 cm³/mol. The average molecular weight is 318 g/mol. The van der Waals surface area contributed by atoms with Crippen LogP contribution in [0.5, 0.6) is 0 Å². The van der Waals surface area contributed by atoms with Crippen LogP contribution in [0.4, 0.5) is 0 Å². The molecule has 1 aromatic rings. The number of nitrogens with one attached hydrogen (secondary N) is 1. The molecule has 2 rings (SSSR count). The van der Waals surface area contributed by atoms with Gasteiger partial charge in [0.15, 0.2) is 9.84 Å². The Labute approximate surface area is 119 Å². The first-order chi connectivity index (χ1) is 9.20. The lowest BCUT2D eigenvalue weighted by molar-refractivity contribution is 0.547. The monoisotopic (exact) mass is 318 g/mol. The first kappa shape index (κ1) is 15.4. The molecule has 1 fully saturated rings. The van der Waals surface area contributed by atoms with Crippen LogP contribution < -0.4 is 10.5 Å². The Morgan fingerprint density at radius 2 is 1.65 bits per heavy atom. The normalized spacial score (nSPS) is 17.9. The van der Waals surface area contributed by atoms with Gasteiger partial charge < -0.3 is 5.73 Å². The lowest BCUT2D eigenvalue weighted by Gasteiger charge is -2.12. The Morgan fingerprint density at radius 3 is 2.10 bits per heavy atom. The fourth-order valence-corrected chi connectivity index (χ4v) is 3.55. The third-order valence-electron chi connectivity index (χ3n) is 3.30. The highest BCUT2D eigenvalue weighted by molar-refractivity contribution is 7.90. The third-order valence-corrected chi connectivity index (χ3v) is 5.87. The highest BCUT2D eigenvalue weighted by Crippen LogP contribution is 2.31. The van der Waals surface area contributed by atoms with Gasteiger partial charge in [-0.15, -0.1) is 0 Å². The summed E-state index contributed by atoms with van der Waals surface area (Å²) in [7, 11) is -6.98. The smallest absolute Gasteiger partial charge is 0.240 e. The Balaban J connectivity index is 2.09. The molecule has 0 heterocycles. The van der Waals surface area contributed by atoms with Crippen LogP contribution in [0.15, 0.2) is 34.1 Å². The van der Waals surface area contributed by atoms with Crippen molar-refractivity contribution in [2.75, 3.05) is 12.8 Å². The molecule has 1 unspecified atom stereocenters. The third kappa shape index (κ3) is 3.78. The minimum atomic E-state index is -3.65. The second-order valence-electron chi connectivity index (χ2n) is 5.10. The molecule has 0 saturated heterocycles. The zero-order valence-electron chi connectivity index (χ0n) is 11.1. The standard InChI is InChI=1S/C12H18N2O4S2/c1-19(15,16)10-4-6-11(7-5-10)20(17,18)14-8-12(13)9-2-3-9/h4-7,9,12,14H,2-3,8,13H2,1H3. The largest absolute Gasteiger partial charge is 0.326 e. The number of nitrogens with two attached hydrogens (primary N) is 1. The average Bonchev–Trinajstić information content (AvgIpc) is 3.19. The van der Waals surface area contributed by atoms with Crippen LogP contribution in [0.2, 0.25) is 0 Å². The van der Waals surface area contributed by atoms with Crippen molar-refractivity contribution in [2.45, 2.75) is 28.7 Å². The predicted octanol–water partition coefficient (Wildman–Crippen LogP) is 0.106. The zero-order chi connectivity index (χ0) is 15.0. The van der Waals surface area contributed by atoms with E-state index in [-0.39, 0.29) is 22.4 Å². The fourth-order valence-electron chi connectivity index (χ4n) is 1.85. The molecule has 1 aliphatic carbocycles. The molecule has 0 radical (unpaired) electrons. The number of sulfonamides is 1. The van der Waals surface area contributed by atoms with Crippen molar-refractivity contribution in [3.05, 3.63) is 24.3 Å². The molecule has 112 valence electrons. The van der Waals surface area contributed by atoms with E-state index >= 15 is 0 Å². The lowest BCUT2D eigenvalue weighted by Crippen LogP contribution is -2.38. The summed E-state index contributed by atoms with van der Waals surface area (Å²) in [4.78, 5) is 0.124. The van der Waals surface area contributed by atoms with E-state index in [2.05, 4.69) is 4.72 Å². The molecule has 8 heteroatoms. The van der Waals surface area contributed by atoms with Gasteiger partial charge in [-0.3, -0.25) is 0 Å². The van der Waals surface area contributed by atoms with E-state index in [1.165, 1.54) is 24.3 Å². The van der Waals surface area contributed by atoms with E-state index < -0.39 is 19.9 Å². The summed E-state index contributed by atoms with van der Waals surface area (Å²) in [6.07, 6.45) is 3.17. The molecule has 0 spiro atoms. The number of benzene rings is 1. The molecule has 3 N–H and O–H groups in total. The van der Waals surface area contributed by atoms with Gasteiger partial charge in [-0.25, -0.2) is 21.6 Å². The van der Waals surface area contributed by atoms with E-state index in [1.54, 1.807) is 0 Å². The zero-order valence-corrected chi connectivity index (χ0v) is 12.7. The van der Waals surface area contributed by atoms with Gasteiger partial charge in [0, 0.05) is 18.8 Å². The van der Waals surface area contributed by atoms with Crippen molar-refractivity contribution in [1.82, 2.24) is 4.72 Å². The highest BCUT2D eigenvalue weighted by atomic mass is 32.2. The highest BCUT2D eigenvalue weighted by Gasteiger charge is 2.29. The maximum atomic E-state index is 12.0. The van der Waals surface area contributed by atoms with Crippen molar-refractivity contribution in [3.8, 4) is 0 Å². The second-order valence-corrected chi connectivity index (χ2v) is 8.88. The van der Waals surface area contributed by atoms with E-state index in [4.69, 9.17) is 5.73 Å². The quantitative estimate of drug-likeness (QED) is 0.774. The van der Waals surface area contributed by atoms with E-state index in [0.29, 0.717) is 5.92 Å². The van der Waals surface area contributed by atoms with Gasteiger partial charge in [-0.1, -0.05) is 0 Å². The first-order valence-electron chi connectivity index (χ1n) is 6.25. The molecule has 0 bridgehead atoms. The van der Waals surface area contributed by atoms with Gasteiger partial charge in [-0.2, -0.15) is 0 Å². The molecule has 0 aromatic heterocycles. The Hall–Kier alpha value is -0.960.